The zero-order valence-corrected chi connectivity index (χ0v) is 30.1. The zero-order valence-electron chi connectivity index (χ0n) is 30.1. The van der Waals surface area contributed by atoms with Crippen molar-refractivity contribution in [2.75, 3.05) is 19.8 Å². The highest BCUT2D eigenvalue weighted by Gasteiger charge is 2.44. The molecular formula is C43H55N4O4+. The molecule has 51 heavy (non-hydrogen) atoms. The smallest absolute Gasteiger partial charge is 0.227 e. The maximum Gasteiger partial charge on any atom is 0.227 e. The summed E-state index contributed by atoms with van der Waals surface area (Å²) < 4.78 is 6.17. The predicted octanol–water partition coefficient (Wildman–Crippen LogP) is 5.98. The molecule has 1 fully saturated rings. The highest BCUT2D eigenvalue weighted by Crippen LogP contribution is 2.49. The van der Waals surface area contributed by atoms with E-state index in [2.05, 4.69) is 73.2 Å². The number of fused-ring (bicyclic) bond motifs is 1. The Balaban J connectivity index is 1.07. The second-order valence-electron chi connectivity index (χ2n) is 14.6. The lowest BCUT2D eigenvalue weighted by molar-refractivity contribution is -0.855. The Hall–Kier alpha value is -4.08. The van der Waals surface area contributed by atoms with Gasteiger partial charge in [0, 0.05) is 36.6 Å². The Morgan fingerprint density at radius 2 is 1.84 bits per heavy atom. The number of phenols is 1. The standard InChI is InChI=1S/C43H54N4O4/c1-2-3-5-15-35(48)26-36(49)18-16-32-17-19-40(50)41(24-32)51-30-47-28-37-38(27-46-39(37)29-47)43(21-8-9-22-43)34-14-10-13-33(25-34)42(44)45-23-20-31-11-6-4-7-12-31/h4,6-7,10-14,17,19,24-25,27,29,35,42,45,48,50H,2-3,5,8-9,15-16,18,20-23,26,28,30,44H2,1H3/p+1/t35-,42-/m1/s1. The molecule has 1 unspecified atom stereocenters. The van der Waals surface area contributed by atoms with Gasteiger partial charge in [0.2, 0.25) is 6.73 Å². The van der Waals surface area contributed by atoms with Crippen molar-refractivity contribution in [3.63, 3.8) is 0 Å². The van der Waals surface area contributed by atoms with Crippen molar-refractivity contribution in [3.05, 3.63) is 118 Å². The van der Waals surface area contributed by atoms with Crippen molar-refractivity contribution >= 4 is 12.0 Å². The molecule has 1 saturated carbocycles. The summed E-state index contributed by atoms with van der Waals surface area (Å²) in [4.78, 5) is 18.5. The van der Waals surface area contributed by atoms with Gasteiger partial charge in [-0.3, -0.25) is 20.0 Å². The van der Waals surface area contributed by atoms with Gasteiger partial charge in [-0.1, -0.05) is 99.7 Å². The third-order valence-corrected chi connectivity index (χ3v) is 10.8. The van der Waals surface area contributed by atoms with Gasteiger partial charge in [0.05, 0.1) is 12.3 Å². The largest absolute Gasteiger partial charge is 0.504 e. The molecule has 0 radical (unpaired) electrons. The summed E-state index contributed by atoms with van der Waals surface area (Å²) >= 11 is 0. The van der Waals surface area contributed by atoms with Gasteiger partial charge in [0.15, 0.2) is 11.5 Å². The van der Waals surface area contributed by atoms with Crippen LogP contribution in [0.1, 0.15) is 99.6 Å². The number of nitrogens with two attached hydrogens (primary N) is 1. The number of phenolic OH excluding ortho intramolecular Hbond substituents is 1. The Labute approximate surface area is 303 Å². The average molecular weight is 692 g/mol. The predicted molar refractivity (Wildman–Crippen MR) is 203 cm³/mol. The van der Waals surface area contributed by atoms with Gasteiger partial charge in [-0.2, -0.15) is 0 Å². The molecule has 0 saturated heterocycles. The number of ether oxygens (including phenoxy) is 1. The van der Waals surface area contributed by atoms with E-state index < -0.39 is 6.10 Å². The minimum absolute atomic E-state index is 0.0592. The number of quaternary nitrogens is 1. The number of hydrogen-bond acceptors (Lipinski definition) is 7. The number of carbonyl (C=O) groups is 1. The Bertz CT molecular complexity index is 1730. The van der Waals surface area contributed by atoms with E-state index in [9.17, 15) is 15.0 Å². The number of allylic oxidation sites excluding steroid dienone is 1. The lowest BCUT2D eigenvalue weighted by Gasteiger charge is -2.32. The summed E-state index contributed by atoms with van der Waals surface area (Å²) in [5.41, 5.74) is 14.8. The van der Waals surface area contributed by atoms with Gasteiger partial charge >= 0.3 is 0 Å². The van der Waals surface area contributed by atoms with Crippen LogP contribution in [-0.2, 0) is 23.1 Å². The molecule has 0 amide bonds. The number of carbonyl (C=O) groups excluding carboxylic acids is 1. The van der Waals surface area contributed by atoms with Gasteiger partial charge in [-0.05, 0) is 72.1 Å². The molecule has 3 aliphatic rings. The van der Waals surface area contributed by atoms with Gasteiger partial charge in [-0.15, -0.1) is 0 Å². The lowest BCUT2D eigenvalue weighted by Crippen LogP contribution is -3.07. The first-order valence-corrected chi connectivity index (χ1v) is 19.0. The van der Waals surface area contributed by atoms with Crippen LogP contribution in [0.15, 0.2) is 101 Å². The van der Waals surface area contributed by atoms with E-state index in [1.165, 1.54) is 35.1 Å². The first kappa shape index (κ1) is 36.7. The molecular weight excluding hydrogens is 636 g/mol. The number of aryl methyl sites for hydroxylation is 1. The number of aromatic hydroxyl groups is 1. The summed E-state index contributed by atoms with van der Waals surface area (Å²) in [5.74, 6) is 0.556. The number of aliphatic imine (C=N–C) groups is 1. The molecule has 2 aliphatic heterocycles. The van der Waals surface area contributed by atoms with Crippen molar-refractivity contribution in [1.29, 1.82) is 0 Å². The molecule has 3 aromatic carbocycles. The molecule has 1 aliphatic carbocycles. The Morgan fingerprint density at radius 3 is 2.65 bits per heavy atom. The number of rotatable bonds is 19. The highest BCUT2D eigenvalue weighted by molar-refractivity contribution is 5.90. The normalized spacial score (nSPS) is 18.9. The van der Waals surface area contributed by atoms with E-state index in [-0.39, 0.29) is 29.5 Å². The van der Waals surface area contributed by atoms with Crippen molar-refractivity contribution in [2.24, 2.45) is 10.7 Å². The van der Waals surface area contributed by atoms with Gasteiger partial charge in [-0.25, -0.2) is 0 Å². The maximum atomic E-state index is 12.5. The van der Waals surface area contributed by atoms with Gasteiger partial charge < -0.3 is 20.7 Å². The molecule has 0 aromatic heterocycles. The second kappa shape index (κ2) is 17.4. The van der Waals surface area contributed by atoms with E-state index in [1.54, 1.807) is 6.07 Å². The Morgan fingerprint density at radius 1 is 1.02 bits per heavy atom. The number of aliphatic hydroxyl groups is 1. The topological polar surface area (TPSA) is 122 Å². The minimum Gasteiger partial charge on any atom is -0.504 e. The van der Waals surface area contributed by atoms with Crippen LogP contribution in [0.25, 0.3) is 0 Å². The first-order chi connectivity index (χ1) is 24.8. The van der Waals surface area contributed by atoms with Crippen molar-refractivity contribution in [1.82, 2.24) is 5.32 Å². The van der Waals surface area contributed by atoms with E-state index in [0.717, 1.165) is 73.3 Å². The summed E-state index contributed by atoms with van der Waals surface area (Å²) in [5, 5.41) is 24.3. The molecule has 8 heteroatoms. The van der Waals surface area contributed by atoms with E-state index in [0.29, 0.717) is 31.7 Å². The number of ketones is 1. The quantitative estimate of drug-likeness (QED) is 0.0779. The zero-order chi connectivity index (χ0) is 35.6. The fourth-order valence-corrected chi connectivity index (χ4v) is 7.95. The lowest BCUT2D eigenvalue weighted by atomic mass is 9.71. The number of aliphatic hydroxyl groups excluding tert-OH is 1. The van der Waals surface area contributed by atoms with E-state index >= 15 is 0 Å². The number of unbranched alkanes of at least 4 members (excludes halogenated alkanes) is 2. The number of nitrogens with zero attached hydrogens (tertiary/aromatic N) is 1. The first-order valence-electron chi connectivity index (χ1n) is 19.0. The highest BCUT2D eigenvalue weighted by atomic mass is 16.5. The van der Waals surface area contributed by atoms with E-state index in [4.69, 9.17) is 15.5 Å². The SMILES string of the molecule is CCCCC[C@@H](O)CC(=O)CCc1ccc(O)c(OC[NH+]2C=C3N=CC(C4(c5cccc([C@H](N)NCCc6ccccc6)c5)CCCC4)=C3C2)c1. The molecule has 3 aromatic rings. The summed E-state index contributed by atoms with van der Waals surface area (Å²) in [7, 11) is 0. The van der Waals surface area contributed by atoms with E-state index in [1.807, 2.05) is 18.2 Å². The fourth-order valence-electron chi connectivity index (χ4n) is 7.95. The van der Waals surface area contributed by atoms with Crippen LogP contribution < -0.4 is 20.7 Å². The third kappa shape index (κ3) is 9.24. The molecule has 3 atom stereocenters. The van der Waals surface area contributed by atoms with Gasteiger partial charge in [0.25, 0.3) is 0 Å². The molecule has 0 bridgehead atoms. The Kier molecular flexibility index (Phi) is 12.5. The molecule has 0 spiro atoms. The van der Waals surface area contributed by atoms with Crippen LogP contribution >= 0.6 is 0 Å². The summed E-state index contributed by atoms with van der Waals surface area (Å²) in [6.45, 7) is 4.05. The maximum absolute atomic E-state index is 12.5. The summed E-state index contributed by atoms with van der Waals surface area (Å²) in [6, 6.07) is 24.6. The fraction of sp³-hybridized carbons (Fsp3) is 0.442. The number of Topliss-reactive ketones (excluding diaryl/α,β-unsaturated/α-hetero) is 1. The monoisotopic (exact) mass is 691 g/mol. The van der Waals surface area contributed by atoms with Crippen molar-refractivity contribution in [2.45, 2.75) is 102 Å². The number of nitrogens with one attached hydrogen (secondary N) is 2. The van der Waals surface area contributed by atoms with Crippen molar-refractivity contribution in [3.8, 4) is 11.5 Å². The number of hydrogen-bond donors (Lipinski definition) is 5. The molecule has 2 heterocycles. The van der Waals surface area contributed by atoms with Crippen LogP contribution in [-0.4, -0.2) is 48.1 Å². The van der Waals surface area contributed by atoms with Crippen LogP contribution in [0.2, 0.25) is 0 Å². The number of benzene rings is 3. The second-order valence-corrected chi connectivity index (χ2v) is 14.6. The average Bonchev–Trinajstić information content (AvgIpc) is 3.89. The van der Waals surface area contributed by atoms with Crippen LogP contribution in [0, 0.1) is 0 Å². The van der Waals surface area contributed by atoms with Crippen LogP contribution in [0.3, 0.4) is 0 Å². The van der Waals surface area contributed by atoms with Gasteiger partial charge in [0.1, 0.15) is 24.2 Å². The van der Waals surface area contributed by atoms with Crippen LogP contribution in [0.4, 0.5) is 0 Å². The van der Waals surface area contributed by atoms with Crippen LogP contribution in [0.5, 0.6) is 11.5 Å². The van der Waals surface area contributed by atoms with Crippen molar-refractivity contribution < 1.29 is 24.6 Å². The third-order valence-electron chi connectivity index (χ3n) is 10.8. The molecule has 270 valence electrons. The summed E-state index contributed by atoms with van der Waals surface area (Å²) in [6.07, 6.45) is 13.7. The molecule has 6 rings (SSSR count). The molecule has 8 nitrogen and oxygen atoms in total. The minimum atomic E-state index is -0.565. The molecule has 6 N–H and O–H groups in total.